The van der Waals surface area contributed by atoms with Crippen LogP contribution in [0.4, 0.5) is 0 Å². The van der Waals surface area contributed by atoms with Gasteiger partial charge in [0.05, 0.1) is 0 Å². The summed E-state index contributed by atoms with van der Waals surface area (Å²) in [6, 6.07) is 0. The lowest BCUT2D eigenvalue weighted by Gasteiger charge is -2.40. The summed E-state index contributed by atoms with van der Waals surface area (Å²) in [5.74, 6) is 0. The van der Waals surface area contributed by atoms with Crippen LogP contribution in [-0.2, 0) is 0 Å². The molecule has 0 radical (unpaired) electrons. The molecule has 1 aliphatic carbocycles. The van der Waals surface area contributed by atoms with Crippen molar-refractivity contribution >= 4 is 0 Å². The zero-order valence-electron chi connectivity index (χ0n) is 8.76. The molecule has 0 bridgehead atoms. The van der Waals surface area contributed by atoms with Crippen molar-refractivity contribution in [2.45, 2.75) is 38.5 Å². The Hall–Kier alpha value is -0.300. The van der Waals surface area contributed by atoms with E-state index < -0.39 is 0 Å². The Labute approximate surface area is 81.8 Å². The quantitative estimate of drug-likeness (QED) is 0.517. The lowest BCUT2D eigenvalue weighted by molar-refractivity contribution is 0.106. The number of likely N-dealkylation sites (tertiary alicyclic amines) is 1. The van der Waals surface area contributed by atoms with Crippen molar-refractivity contribution < 1.29 is 0 Å². The molecule has 1 fully saturated rings. The van der Waals surface area contributed by atoms with Crippen LogP contribution >= 0.6 is 0 Å². The van der Waals surface area contributed by atoms with E-state index in [2.05, 4.69) is 24.1 Å². The summed E-state index contributed by atoms with van der Waals surface area (Å²) in [5.41, 5.74) is 0.718. The molecule has 0 N–H and O–H groups in total. The van der Waals surface area contributed by atoms with E-state index in [-0.39, 0.29) is 0 Å². The Morgan fingerprint density at radius 2 is 1.46 bits per heavy atom. The van der Waals surface area contributed by atoms with E-state index in [0.717, 1.165) is 5.41 Å². The Kier molecular flexibility index (Phi) is 2.73. The first-order chi connectivity index (χ1) is 6.31. The smallest absolute Gasteiger partial charge is 0.00165 e. The average molecular weight is 179 g/mol. The third-order valence-corrected chi connectivity index (χ3v) is 3.90. The SMILES string of the molecule is CN1CCC2(CCC=CCC2)CC1. The minimum Gasteiger partial charge on any atom is -0.306 e. The summed E-state index contributed by atoms with van der Waals surface area (Å²) in [5, 5.41) is 0. The van der Waals surface area contributed by atoms with Crippen LogP contribution in [0.5, 0.6) is 0 Å². The van der Waals surface area contributed by atoms with Crippen LogP contribution in [-0.4, -0.2) is 25.0 Å². The summed E-state index contributed by atoms with van der Waals surface area (Å²) in [6.07, 6.45) is 13.2. The van der Waals surface area contributed by atoms with Gasteiger partial charge in [-0.05, 0) is 64.1 Å². The predicted molar refractivity (Wildman–Crippen MR) is 56.8 cm³/mol. The molecule has 0 aromatic carbocycles. The molecule has 0 saturated carbocycles. The first-order valence-corrected chi connectivity index (χ1v) is 5.64. The molecule has 1 nitrogen and oxygen atoms in total. The lowest BCUT2D eigenvalue weighted by Crippen LogP contribution is -2.37. The molecule has 1 heterocycles. The molecule has 74 valence electrons. The van der Waals surface area contributed by atoms with Gasteiger partial charge in [-0.1, -0.05) is 12.2 Å². The fourth-order valence-electron chi connectivity index (χ4n) is 2.73. The van der Waals surface area contributed by atoms with Crippen LogP contribution in [0.2, 0.25) is 0 Å². The summed E-state index contributed by atoms with van der Waals surface area (Å²) in [7, 11) is 2.25. The van der Waals surface area contributed by atoms with Crippen LogP contribution in [0.25, 0.3) is 0 Å². The molecule has 1 aliphatic heterocycles. The van der Waals surface area contributed by atoms with Gasteiger partial charge in [0, 0.05) is 0 Å². The Balaban J connectivity index is 1.96. The zero-order chi connectivity index (χ0) is 9.15. The van der Waals surface area contributed by atoms with Crippen molar-refractivity contribution in [2.24, 2.45) is 5.41 Å². The van der Waals surface area contributed by atoms with Crippen molar-refractivity contribution in [2.75, 3.05) is 20.1 Å². The van der Waals surface area contributed by atoms with E-state index in [9.17, 15) is 0 Å². The number of hydrogen-bond acceptors (Lipinski definition) is 1. The van der Waals surface area contributed by atoms with Crippen molar-refractivity contribution in [3.05, 3.63) is 12.2 Å². The summed E-state index contributed by atoms with van der Waals surface area (Å²) >= 11 is 0. The molecular weight excluding hydrogens is 158 g/mol. The summed E-state index contributed by atoms with van der Waals surface area (Å²) in [4.78, 5) is 2.48. The molecule has 0 aromatic heterocycles. The van der Waals surface area contributed by atoms with Crippen molar-refractivity contribution in [3.63, 3.8) is 0 Å². The maximum atomic E-state index is 2.48. The lowest BCUT2D eigenvalue weighted by atomic mass is 9.72. The van der Waals surface area contributed by atoms with Crippen LogP contribution in [0.3, 0.4) is 0 Å². The monoisotopic (exact) mass is 179 g/mol. The second kappa shape index (κ2) is 3.83. The first-order valence-electron chi connectivity index (χ1n) is 5.64. The Bertz CT molecular complexity index is 175. The van der Waals surface area contributed by atoms with Gasteiger partial charge in [0.1, 0.15) is 0 Å². The van der Waals surface area contributed by atoms with Gasteiger partial charge in [-0.2, -0.15) is 0 Å². The first kappa shape index (κ1) is 9.26. The van der Waals surface area contributed by atoms with Gasteiger partial charge in [-0.25, -0.2) is 0 Å². The number of rotatable bonds is 0. The molecule has 0 aromatic rings. The van der Waals surface area contributed by atoms with Gasteiger partial charge in [0.15, 0.2) is 0 Å². The third-order valence-electron chi connectivity index (χ3n) is 3.90. The fraction of sp³-hybridized carbons (Fsp3) is 0.833. The van der Waals surface area contributed by atoms with E-state index in [1.54, 1.807) is 0 Å². The molecule has 1 heteroatoms. The van der Waals surface area contributed by atoms with Gasteiger partial charge in [-0.15, -0.1) is 0 Å². The molecule has 1 saturated heterocycles. The topological polar surface area (TPSA) is 3.24 Å². The zero-order valence-corrected chi connectivity index (χ0v) is 8.76. The van der Waals surface area contributed by atoms with Crippen molar-refractivity contribution in [3.8, 4) is 0 Å². The number of piperidine rings is 1. The largest absolute Gasteiger partial charge is 0.306 e. The maximum absolute atomic E-state index is 2.48. The van der Waals surface area contributed by atoms with E-state index >= 15 is 0 Å². The molecule has 0 amide bonds. The van der Waals surface area contributed by atoms with E-state index in [1.807, 2.05) is 0 Å². The van der Waals surface area contributed by atoms with E-state index in [1.165, 1.54) is 51.6 Å². The highest BCUT2D eigenvalue weighted by Crippen LogP contribution is 2.41. The normalized spacial score (nSPS) is 29.0. The molecule has 0 atom stereocenters. The van der Waals surface area contributed by atoms with Gasteiger partial charge in [0.2, 0.25) is 0 Å². The summed E-state index contributed by atoms with van der Waals surface area (Å²) < 4.78 is 0. The van der Waals surface area contributed by atoms with Crippen molar-refractivity contribution in [1.82, 2.24) is 4.90 Å². The third kappa shape index (κ3) is 2.14. The Morgan fingerprint density at radius 1 is 0.923 bits per heavy atom. The molecule has 2 aliphatic rings. The number of nitrogens with zero attached hydrogens (tertiary/aromatic N) is 1. The molecule has 1 spiro atoms. The van der Waals surface area contributed by atoms with Gasteiger partial charge in [-0.3, -0.25) is 0 Å². The maximum Gasteiger partial charge on any atom is -0.00165 e. The average Bonchev–Trinajstić information content (AvgIpc) is 2.37. The molecular formula is C12H21N. The Morgan fingerprint density at radius 3 is 2.00 bits per heavy atom. The van der Waals surface area contributed by atoms with Crippen LogP contribution in [0, 0.1) is 5.41 Å². The number of hydrogen-bond donors (Lipinski definition) is 0. The highest BCUT2D eigenvalue weighted by Gasteiger charge is 2.32. The second-order valence-corrected chi connectivity index (χ2v) is 4.85. The van der Waals surface area contributed by atoms with Crippen LogP contribution in [0.15, 0.2) is 12.2 Å². The number of allylic oxidation sites excluding steroid dienone is 2. The molecule has 2 rings (SSSR count). The van der Waals surface area contributed by atoms with Gasteiger partial charge < -0.3 is 4.90 Å². The van der Waals surface area contributed by atoms with Gasteiger partial charge >= 0.3 is 0 Å². The standard InChI is InChI=1S/C12H21N/c1-13-10-8-12(9-11-13)6-4-2-3-5-7-12/h2-3H,4-11H2,1H3. The van der Waals surface area contributed by atoms with E-state index in [0.29, 0.717) is 0 Å². The second-order valence-electron chi connectivity index (χ2n) is 4.85. The van der Waals surface area contributed by atoms with Crippen LogP contribution in [0.1, 0.15) is 38.5 Å². The van der Waals surface area contributed by atoms with Gasteiger partial charge in [0.25, 0.3) is 0 Å². The minimum absolute atomic E-state index is 0.718. The van der Waals surface area contributed by atoms with E-state index in [4.69, 9.17) is 0 Å². The molecule has 13 heavy (non-hydrogen) atoms. The van der Waals surface area contributed by atoms with Crippen LogP contribution < -0.4 is 0 Å². The minimum atomic E-state index is 0.718. The molecule has 0 unspecified atom stereocenters. The predicted octanol–water partition coefficient (Wildman–Crippen LogP) is 2.83. The van der Waals surface area contributed by atoms with Crippen molar-refractivity contribution in [1.29, 1.82) is 0 Å². The highest BCUT2D eigenvalue weighted by atomic mass is 15.1. The highest BCUT2D eigenvalue weighted by molar-refractivity contribution is 4.95. The fourth-order valence-corrected chi connectivity index (χ4v) is 2.73. The summed E-state index contributed by atoms with van der Waals surface area (Å²) in [6.45, 7) is 2.64.